The molecule has 2 saturated heterocycles. The van der Waals surface area contributed by atoms with Crippen LogP contribution in [0.25, 0.3) is 22.0 Å². The fourth-order valence-corrected chi connectivity index (χ4v) is 4.70. The minimum absolute atomic E-state index is 0.334. The first-order chi connectivity index (χ1) is 15.8. The molecule has 6 heteroatoms. The summed E-state index contributed by atoms with van der Waals surface area (Å²) in [4.78, 5) is 15.9. The quantitative estimate of drug-likeness (QED) is 0.373. The Bertz CT molecular complexity index is 1310. The van der Waals surface area contributed by atoms with Crippen molar-refractivity contribution in [3.8, 4) is 23.1 Å². The fourth-order valence-electron chi connectivity index (χ4n) is 4.70. The maximum absolute atomic E-state index is 4.60. The van der Waals surface area contributed by atoms with E-state index in [9.17, 15) is 0 Å². The van der Waals surface area contributed by atoms with E-state index in [4.69, 9.17) is 0 Å². The van der Waals surface area contributed by atoms with Crippen LogP contribution in [0.1, 0.15) is 60.7 Å². The van der Waals surface area contributed by atoms with Gasteiger partial charge in [-0.15, -0.1) is 0 Å². The molecule has 6 rings (SSSR count). The Morgan fingerprint density at radius 1 is 0.750 bits per heavy atom. The highest BCUT2D eigenvalue weighted by Crippen LogP contribution is 2.27. The van der Waals surface area contributed by atoms with Crippen molar-refractivity contribution >= 4 is 10.8 Å². The number of benzene rings is 2. The minimum atomic E-state index is 0.334. The summed E-state index contributed by atoms with van der Waals surface area (Å²) in [7, 11) is 0. The summed E-state index contributed by atoms with van der Waals surface area (Å²) in [5, 5.41) is 9.33. The molecular weight excluding hydrogens is 396 g/mol. The molecule has 160 valence electrons. The lowest BCUT2D eigenvalue weighted by Gasteiger charge is -2.06. The summed E-state index contributed by atoms with van der Waals surface area (Å²) < 4.78 is 0. The van der Waals surface area contributed by atoms with Gasteiger partial charge >= 0.3 is 0 Å². The van der Waals surface area contributed by atoms with Crippen LogP contribution in [-0.4, -0.2) is 33.0 Å². The number of hydrogen-bond acceptors (Lipinski definition) is 4. The Balaban J connectivity index is 1.21. The molecule has 0 amide bonds. The van der Waals surface area contributed by atoms with Gasteiger partial charge in [0.15, 0.2) is 0 Å². The lowest BCUT2D eigenvalue weighted by Crippen LogP contribution is -2.14. The monoisotopic (exact) mass is 422 g/mol. The molecule has 0 unspecified atom stereocenters. The molecule has 2 aromatic heterocycles. The van der Waals surface area contributed by atoms with Crippen molar-refractivity contribution in [3.63, 3.8) is 0 Å². The van der Waals surface area contributed by atoms with E-state index in [1.54, 1.807) is 0 Å². The van der Waals surface area contributed by atoms with Gasteiger partial charge in [-0.25, -0.2) is 9.97 Å². The largest absolute Gasteiger partial charge is 0.341 e. The van der Waals surface area contributed by atoms with E-state index in [0.717, 1.165) is 60.1 Å². The van der Waals surface area contributed by atoms with Crippen molar-refractivity contribution in [1.82, 2.24) is 30.6 Å². The molecule has 0 spiro atoms. The number of nitrogens with zero attached hydrogens (tertiary/aromatic N) is 2. The Kier molecular flexibility index (Phi) is 4.99. The third-order valence-corrected chi connectivity index (χ3v) is 6.46. The summed E-state index contributed by atoms with van der Waals surface area (Å²) in [5.41, 5.74) is 4.07. The van der Waals surface area contributed by atoms with Crippen LogP contribution >= 0.6 is 0 Å². The van der Waals surface area contributed by atoms with Gasteiger partial charge in [-0.2, -0.15) is 0 Å². The van der Waals surface area contributed by atoms with Gasteiger partial charge in [-0.1, -0.05) is 24.1 Å². The number of aromatic amines is 2. The molecule has 2 aliphatic heterocycles. The van der Waals surface area contributed by atoms with Gasteiger partial charge in [0.1, 0.15) is 17.3 Å². The average molecular weight is 423 g/mol. The van der Waals surface area contributed by atoms with E-state index in [1.807, 2.05) is 12.4 Å². The first kappa shape index (κ1) is 19.3. The zero-order valence-corrected chi connectivity index (χ0v) is 17.9. The SMILES string of the molecule is C(#Cc1cnc([C@@H]2CCCN2)[nH]1)c1ccc2cc(-c3cnc([C@@H]4CCCN4)[nH]3)ccc2c1. The maximum atomic E-state index is 4.60. The zero-order chi connectivity index (χ0) is 21.3. The summed E-state index contributed by atoms with van der Waals surface area (Å²) in [6.07, 6.45) is 8.45. The first-order valence-electron chi connectivity index (χ1n) is 11.4. The number of hydrogen-bond donors (Lipinski definition) is 4. The van der Waals surface area contributed by atoms with Crippen LogP contribution in [0.15, 0.2) is 48.8 Å². The predicted octanol–water partition coefficient (Wildman–Crippen LogP) is 4.20. The van der Waals surface area contributed by atoms with Crippen molar-refractivity contribution in [2.75, 3.05) is 13.1 Å². The molecule has 2 atom stereocenters. The molecule has 0 aliphatic carbocycles. The molecule has 6 nitrogen and oxygen atoms in total. The van der Waals surface area contributed by atoms with E-state index in [1.165, 1.54) is 23.6 Å². The Morgan fingerprint density at radius 2 is 1.47 bits per heavy atom. The van der Waals surface area contributed by atoms with Crippen molar-refractivity contribution in [3.05, 3.63) is 71.7 Å². The van der Waals surface area contributed by atoms with Gasteiger partial charge in [0, 0.05) is 11.1 Å². The van der Waals surface area contributed by atoms with Gasteiger partial charge in [0.2, 0.25) is 0 Å². The van der Waals surface area contributed by atoms with E-state index in [2.05, 4.69) is 78.8 Å². The van der Waals surface area contributed by atoms with E-state index in [0.29, 0.717) is 12.1 Å². The zero-order valence-electron chi connectivity index (χ0n) is 17.9. The van der Waals surface area contributed by atoms with Gasteiger partial charge in [-0.3, -0.25) is 0 Å². The first-order valence-corrected chi connectivity index (χ1v) is 11.4. The molecule has 0 bridgehead atoms. The van der Waals surface area contributed by atoms with E-state index < -0.39 is 0 Å². The van der Waals surface area contributed by atoms with Crippen LogP contribution in [0.4, 0.5) is 0 Å². The van der Waals surface area contributed by atoms with Crippen molar-refractivity contribution in [1.29, 1.82) is 0 Å². The minimum Gasteiger partial charge on any atom is -0.341 e. The summed E-state index contributed by atoms with van der Waals surface area (Å²) in [6.45, 7) is 2.13. The highest BCUT2D eigenvalue weighted by molar-refractivity contribution is 5.88. The van der Waals surface area contributed by atoms with Crippen molar-refractivity contribution < 1.29 is 0 Å². The van der Waals surface area contributed by atoms with Gasteiger partial charge in [-0.05, 0) is 73.7 Å². The van der Waals surface area contributed by atoms with Crippen molar-refractivity contribution in [2.45, 2.75) is 37.8 Å². The molecule has 4 aromatic rings. The molecule has 0 radical (unpaired) electrons. The second-order valence-corrected chi connectivity index (χ2v) is 8.69. The number of imidazole rings is 2. The smallest absolute Gasteiger partial charge is 0.124 e. The molecular formula is C26H26N6. The maximum Gasteiger partial charge on any atom is 0.124 e. The summed E-state index contributed by atoms with van der Waals surface area (Å²) >= 11 is 0. The molecule has 2 fully saturated rings. The van der Waals surface area contributed by atoms with Crippen LogP contribution in [0.2, 0.25) is 0 Å². The van der Waals surface area contributed by atoms with Crippen LogP contribution in [0, 0.1) is 11.8 Å². The third kappa shape index (κ3) is 3.81. The fraction of sp³-hybridized carbons (Fsp3) is 0.308. The van der Waals surface area contributed by atoms with Crippen molar-refractivity contribution in [2.24, 2.45) is 0 Å². The van der Waals surface area contributed by atoms with Crippen LogP contribution < -0.4 is 10.6 Å². The lowest BCUT2D eigenvalue weighted by atomic mass is 10.0. The highest BCUT2D eigenvalue weighted by atomic mass is 15.0. The van der Waals surface area contributed by atoms with Gasteiger partial charge in [0.05, 0.1) is 30.2 Å². The normalized spacial score (nSPS) is 20.5. The lowest BCUT2D eigenvalue weighted by molar-refractivity contribution is 0.612. The Hall–Kier alpha value is -3.40. The highest BCUT2D eigenvalue weighted by Gasteiger charge is 2.20. The summed E-state index contributed by atoms with van der Waals surface area (Å²) in [6, 6.07) is 13.6. The topological polar surface area (TPSA) is 81.4 Å². The standard InChI is InChI=1S/C26H26N6/c1-3-22(27-11-1)25-29-15-21(31-25)10-6-17-5-7-19-14-20(9-8-18(19)13-17)24-16-30-26(32-24)23-4-2-12-28-23/h5,7-9,13-16,22-23,27-28H,1-4,11-12H2,(H,29,31)(H,30,32)/t22-,23-/m0/s1. The van der Waals surface area contributed by atoms with Gasteiger partial charge < -0.3 is 20.6 Å². The van der Waals surface area contributed by atoms with Crippen LogP contribution in [0.5, 0.6) is 0 Å². The molecule has 2 aromatic carbocycles. The van der Waals surface area contributed by atoms with Gasteiger partial charge in [0.25, 0.3) is 0 Å². The van der Waals surface area contributed by atoms with Crippen LogP contribution in [-0.2, 0) is 0 Å². The molecule has 2 aliphatic rings. The second-order valence-electron chi connectivity index (χ2n) is 8.69. The summed E-state index contributed by atoms with van der Waals surface area (Å²) in [5.74, 6) is 8.52. The molecule has 32 heavy (non-hydrogen) atoms. The predicted molar refractivity (Wildman–Crippen MR) is 126 cm³/mol. The van der Waals surface area contributed by atoms with Crippen LogP contribution in [0.3, 0.4) is 0 Å². The number of fused-ring (bicyclic) bond motifs is 1. The Morgan fingerprint density at radius 3 is 2.25 bits per heavy atom. The second kappa shape index (κ2) is 8.27. The molecule has 4 N–H and O–H groups in total. The number of rotatable bonds is 3. The van der Waals surface area contributed by atoms with E-state index >= 15 is 0 Å². The number of H-pyrrole nitrogens is 2. The number of aromatic nitrogens is 4. The Labute approximate surface area is 187 Å². The average Bonchev–Trinajstić information content (AvgIpc) is 3.64. The van der Waals surface area contributed by atoms with E-state index in [-0.39, 0.29) is 0 Å². The molecule has 0 saturated carbocycles. The molecule has 4 heterocycles. The third-order valence-electron chi connectivity index (χ3n) is 6.46. The number of nitrogens with one attached hydrogen (secondary N) is 4.